The smallest absolute Gasteiger partial charge is 0.263 e. The Balaban J connectivity index is 1.88. The van der Waals surface area contributed by atoms with Gasteiger partial charge in [0.25, 0.3) is 15.9 Å². The number of piperazine rings is 1. The van der Waals surface area contributed by atoms with E-state index in [-0.39, 0.29) is 15.8 Å². The predicted octanol–water partition coefficient (Wildman–Crippen LogP) is 3.15. The summed E-state index contributed by atoms with van der Waals surface area (Å²) >= 11 is 6.17. The maximum Gasteiger partial charge on any atom is 0.263 e. The summed E-state index contributed by atoms with van der Waals surface area (Å²) in [6.45, 7) is 6.58. The molecule has 8 heteroatoms. The van der Waals surface area contributed by atoms with Crippen LogP contribution in [0.4, 0.5) is 5.69 Å². The monoisotopic (exact) mass is 421 g/mol. The van der Waals surface area contributed by atoms with Crippen LogP contribution >= 0.6 is 11.6 Å². The lowest BCUT2D eigenvalue weighted by Gasteiger charge is -2.32. The number of aryl methyl sites for hydroxylation is 2. The molecule has 0 bridgehead atoms. The second-order valence-electron chi connectivity index (χ2n) is 7.16. The zero-order valence-corrected chi connectivity index (χ0v) is 17.8. The highest BCUT2D eigenvalue weighted by molar-refractivity contribution is 7.92. The molecule has 6 nitrogen and oxygen atoms in total. The SMILES string of the molecule is Cc1ccc(NS(=O)(=O)c2cc(C(=O)N3CCN(C)CC3)ccc2Cl)c(C)c1. The summed E-state index contributed by atoms with van der Waals surface area (Å²) in [5.41, 5.74) is 2.65. The molecule has 0 unspecified atom stereocenters. The lowest BCUT2D eigenvalue weighted by molar-refractivity contribution is 0.0664. The lowest BCUT2D eigenvalue weighted by Crippen LogP contribution is -2.47. The Morgan fingerprint density at radius 2 is 1.71 bits per heavy atom. The molecule has 1 N–H and O–H groups in total. The third kappa shape index (κ3) is 4.48. The third-order valence-corrected chi connectivity index (χ3v) is 6.73. The van der Waals surface area contributed by atoms with Gasteiger partial charge in [-0.2, -0.15) is 0 Å². The van der Waals surface area contributed by atoms with Crippen molar-refractivity contribution in [3.05, 3.63) is 58.1 Å². The molecular formula is C20H24ClN3O3S. The third-order valence-electron chi connectivity index (χ3n) is 4.88. The summed E-state index contributed by atoms with van der Waals surface area (Å²) in [5, 5.41) is 0.0761. The van der Waals surface area contributed by atoms with E-state index in [1.54, 1.807) is 17.0 Å². The molecule has 1 fully saturated rings. The number of carbonyl (C=O) groups excluding carboxylic acids is 1. The van der Waals surface area contributed by atoms with Crippen molar-refractivity contribution in [3.63, 3.8) is 0 Å². The number of nitrogens with zero attached hydrogens (tertiary/aromatic N) is 2. The summed E-state index contributed by atoms with van der Waals surface area (Å²) < 4.78 is 28.4. The van der Waals surface area contributed by atoms with Crippen LogP contribution in [0.15, 0.2) is 41.3 Å². The van der Waals surface area contributed by atoms with Crippen molar-refractivity contribution in [2.24, 2.45) is 0 Å². The van der Waals surface area contributed by atoms with Crippen LogP contribution < -0.4 is 4.72 Å². The molecular weight excluding hydrogens is 398 g/mol. The van der Waals surface area contributed by atoms with Gasteiger partial charge in [0.05, 0.1) is 10.7 Å². The van der Waals surface area contributed by atoms with E-state index < -0.39 is 10.0 Å². The van der Waals surface area contributed by atoms with E-state index in [9.17, 15) is 13.2 Å². The van der Waals surface area contributed by atoms with Crippen LogP contribution in [-0.2, 0) is 10.0 Å². The fourth-order valence-corrected chi connectivity index (χ4v) is 4.82. The second-order valence-corrected chi connectivity index (χ2v) is 9.22. The number of carbonyl (C=O) groups is 1. The molecule has 150 valence electrons. The van der Waals surface area contributed by atoms with Gasteiger partial charge in [-0.05, 0) is 50.7 Å². The standard InChI is InChI=1S/C20H24ClN3O3S/c1-14-4-7-18(15(2)12-14)22-28(26,27)19-13-16(5-6-17(19)21)20(25)24-10-8-23(3)9-11-24/h4-7,12-13,22H,8-11H2,1-3H3. The number of hydrogen-bond donors (Lipinski definition) is 1. The van der Waals surface area contributed by atoms with Crippen molar-refractivity contribution in [1.82, 2.24) is 9.80 Å². The number of nitrogens with one attached hydrogen (secondary N) is 1. The van der Waals surface area contributed by atoms with Crippen molar-refractivity contribution >= 4 is 33.2 Å². The average molecular weight is 422 g/mol. The zero-order chi connectivity index (χ0) is 20.5. The maximum absolute atomic E-state index is 12.9. The molecule has 0 aromatic heterocycles. The van der Waals surface area contributed by atoms with Gasteiger partial charge in [0.2, 0.25) is 0 Å². The van der Waals surface area contributed by atoms with Crippen LogP contribution in [-0.4, -0.2) is 57.4 Å². The second kappa shape index (κ2) is 8.11. The Hall–Kier alpha value is -2.09. The Kier molecular flexibility index (Phi) is 5.98. The van der Waals surface area contributed by atoms with Gasteiger partial charge in [0, 0.05) is 31.7 Å². The van der Waals surface area contributed by atoms with Crippen LogP contribution in [0.1, 0.15) is 21.5 Å². The predicted molar refractivity (Wildman–Crippen MR) is 112 cm³/mol. The first-order valence-electron chi connectivity index (χ1n) is 9.05. The maximum atomic E-state index is 12.9. The van der Waals surface area contributed by atoms with Crippen molar-refractivity contribution in [3.8, 4) is 0 Å². The molecule has 1 heterocycles. The van der Waals surface area contributed by atoms with E-state index in [1.807, 2.05) is 33.0 Å². The van der Waals surface area contributed by atoms with Gasteiger partial charge in [-0.25, -0.2) is 8.42 Å². The number of anilines is 1. The molecule has 0 atom stereocenters. The normalized spacial score (nSPS) is 15.5. The first kappa shape index (κ1) is 20.6. The molecule has 2 aromatic rings. The number of halogens is 1. The molecule has 1 aliphatic heterocycles. The van der Waals surface area contributed by atoms with Crippen molar-refractivity contribution in [2.75, 3.05) is 37.9 Å². The van der Waals surface area contributed by atoms with Gasteiger partial charge >= 0.3 is 0 Å². The topological polar surface area (TPSA) is 69.7 Å². The van der Waals surface area contributed by atoms with E-state index >= 15 is 0 Å². The zero-order valence-electron chi connectivity index (χ0n) is 16.2. The minimum absolute atomic E-state index is 0.0761. The van der Waals surface area contributed by atoms with Crippen molar-refractivity contribution in [2.45, 2.75) is 18.7 Å². The lowest BCUT2D eigenvalue weighted by atomic mass is 10.1. The van der Waals surface area contributed by atoms with Gasteiger partial charge in [-0.15, -0.1) is 0 Å². The van der Waals surface area contributed by atoms with E-state index in [4.69, 9.17) is 11.6 Å². The fourth-order valence-electron chi connectivity index (χ4n) is 3.16. The van der Waals surface area contributed by atoms with E-state index in [2.05, 4.69) is 9.62 Å². The highest BCUT2D eigenvalue weighted by Gasteiger charge is 2.24. The van der Waals surface area contributed by atoms with Gasteiger partial charge in [0.1, 0.15) is 4.90 Å². The Morgan fingerprint density at radius 1 is 1.04 bits per heavy atom. The van der Waals surface area contributed by atoms with E-state index in [1.165, 1.54) is 12.1 Å². The molecule has 0 saturated carbocycles. The number of amides is 1. The average Bonchev–Trinajstić information content (AvgIpc) is 2.64. The molecule has 28 heavy (non-hydrogen) atoms. The van der Waals surface area contributed by atoms with Gasteiger partial charge in [-0.3, -0.25) is 9.52 Å². The molecule has 0 radical (unpaired) electrons. The summed E-state index contributed by atoms with van der Waals surface area (Å²) in [6.07, 6.45) is 0. The molecule has 1 amide bonds. The number of benzene rings is 2. The van der Waals surface area contributed by atoms with E-state index in [0.717, 1.165) is 24.2 Å². The van der Waals surface area contributed by atoms with Crippen LogP contribution in [0.2, 0.25) is 5.02 Å². The quantitative estimate of drug-likeness (QED) is 0.823. The minimum Gasteiger partial charge on any atom is -0.336 e. The van der Waals surface area contributed by atoms with Crippen LogP contribution in [0.3, 0.4) is 0 Å². The number of hydrogen-bond acceptors (Lipinski definition) is 4. The summed E-state index contributed by atoms with van der Waals surface area (Å²) in [6, 6.07) is 9.83. The Labute approximate surface area is 171 Å². The first-order valence-corrected chi connectivity index (χ1v) is 10.9. The van der Waals surface area contributed by atoms with Crippen molar-refractivity contribution in [1.29, 1.82) is 0 Å². The van der Waals surface area contributed by atoms with Gasteiger partial charge < -0.3 is 9.80 Å². The molecule has 1 aliphatic rings. The fraction of sp³-hybridized carbons (Fsp3) is 0.350. The molecule has 1 saturated heterocycles. The van der Waals surface area contributed by atoms with E-state index in [0.29, 0.717) is 24.3 Å². The Bertz CT molecular complexity index is 1000. The number of sulfonamides is 1. The van der Waals surface area contributed by atoms with Crippen LogP contribution in [0, 0.1) is 13.8 Å². The molecule has 0 spiro atoms. The molecule has 3 rings (SSSR count). The molecule has 0 aliphatic carbocycles. The highest BCUT2D eigenvalue weighted by atomic mass is 35.5. The highest BCUT2D eigenvalue weighted by Crippen LogP contribution is 2.27. The summed E-state index contributed by atoms with van der Waals surface area (Å²) in [5.74, 6) is -0.187. The van der Waals surface area contributed by atoms with Gasteiger partial charge in [0.15, 0.2) is 0 Å². The number of rotatable bonds is 4. The number of likely N-dealkylation sites (N-methyl/N-ethyl adjacent to an activating group) is 1. The molecule has 2 aromatic carbocycles. The van der Waals surface area contributed by atoms with Crippen LogP contribution in [0.25, 0.3) is 0 Å². The van der Waals surface area contributed by atoms with Crippen molar-refractivity contribution < 1.29 is 13.2 Å². The van der Waals surface area contributed by atoms with Gasteiger partial charge in [-0.1, -0.05) is 29.3 Å². The largest absolute Gasteiger partial charge is 0.336 e. The minimum atomic E-state index is -3.94. The summed E-state index contributed by atoms with van der Waals surface area (Å²) in [4.78, 5) is 16.6. The summed E-state index contributed by atoms with van der Waals surface area (Å²) in [7, 11) is -1.93. The van der Waals surface area contributed by atoms with Crippen LogP contribution in [0.5, 0.6) is 0 Å². The first-order chi connectivity index (χ1) is 13.2. The Morgan fingerprint density at radius 3 is 2.36 bits per heavy atom.